The van der Waals surface area contributed by atoms with Crippen LogP contribution in [-0.2, 0) is 4.74 Å². The molecule has 1 aliphatic carbocycles. The molecule has 0 amide bonds. The van der Waals surface area contributed by atoms with Gasteiger partial charge in [-0.2, -0.15) is 5.26 Å². The molecule has 0 aromatic carbocycles. The molecule has 2 fully saturated rings. The third-order valence-electron chi connectivity index (χ3n) is 4.13. The first-order chi connectivity index (χ1) is 9.09. The number of nitrogens with one attached hydrogen (secondary N) is 1. The predicted octanol–water partition coefficient (Wildman–Crippen LogP) is 1.77. The van der Waals surface area contributed by atoms with Crippen LogP contribution in [0.4, 0.5) is 0 Å². The third kappa shape index (κ3) is 3.68. The summed E-state index contributed by atoms with van der Waals surface area (Å²) in [6, 6.07) is 2.60. The largest absolute Gasteiger partial charge is 0.373 e. The van der Waals surface area contributed by atoms with E-state index in [9.17, 15) is 5.26 Å². The summed E-state index contributed by atoms with van der Waals surface area (Å²) in [4.78, 5) is 2.41. The third-order valence-corrected chi connectivity index (χ3v) is 4.13. The van der Waals surface area contributed by atoms with Crippen LogP contribution < -0.4 is 5.32 Å². The highest BCUT2D eigenvalue weighted by molar-refractivity contribution is 5.17. The van der Waals surface area contributed by atoms with Crippen molar-refractivity contribution in [2.75, 3.05) is 26.2 Å². The van der Waals surface area contributed by atoms with Crippen molar-refractivity contribution in [3.05, 3.63) is 0 Å². The minimum absolute atomic E-state index is 0.269. The molecule has 1 unspecified atom stereocenters. The van der Waals surface area contributed by atoms with Crippen LogP contribution in [-0.4, -0.2) is 48.8 Å². The summed E-state index contributed by atoms with van der Waals surface area (Å²) in [6.45, 7) is 10.0. The van der Waals surface area contributed by atoms with Gasteiger partial charge in [0.05, 0.1) is 18.3 Å². The molecule has 1 saturated heterocycles. The van der Waals surface area contributed by atoms with Crippen molar-refractivity contribution in [2.45, 2.75) is 57.8 Å². The second-order valence-electron chi connectivity index (χ2n) is 6.24. The van der Waals surface area contributed by atoms with Gasteiger partial charge < -0.3 is 4.74 Å². The Balaban J connectivity index is 2.01. The van der Waals surface area contributed by atoms with Gasteiger partial charge in [0.2, 0.25) is 0 Å². The van der Waals surface area contributed by atoms with E-state index in [1.165, 1.54) is 12.8 Å². The van der Waals surface area contributed by atoms with Crippen LogP contribution in [0, 0.1) is 17.2 Å². The highest BCUT2D eigenvalue weighted by Crippen LogP contribution is 2.40. The maximum Gasteiger partial charge on any atom is 0.122 e. The number of nitrogens with zero attached hydrogens (tertiary/aromatic N) is 2. The smallest absolute Gasteiger partial charge is 0.122 e. The van der Waals surface area contributed by atoms with E-state index >= 15 is 0 Å². The Morgan fingerprint density at radius 1 is 1.32 bits per heavy atom. The molecule has 0 aromatic rings. The van der Waals surface area contributed by atoms with Crippen LogP contribution in [0.15, 0.2) is 0 Å². The summed E-state index contributed by atoms with van der Waals surface area (Å²) in [5, 5.41) is 13.2. The number of nitriles is 1. The van der Waals surface area contributed by atoms with Crippen molar-refractivity contribution in [2.24, 2.45) is 5.92 Å². The number of hydrogen-bond acceptors (Lipinski definition) is 4. The Morgan fingerprint density at radius 2 is 1.95 bits per heavy atom. The van der Waals surface area contributed by atoms with Gasteiger partial charge in [-0.05, 0) is 45.6 Å². The van der Waals surface area contributed by atoms with E-state index in [0.717, 1.165) is 32.6 Å². The molecular formula is C15H27N3O. The zero-order valence-electron chi connectivity index (χ0n) is 12.5. The van der Waals surface area contributed by atoms with Crippen molar-refractivity contribution >= 4 is 0 Å². The number of ether oxygens (including phenoxy) is 1. The van der Waals surface area contributed by atoms with Crippen LogP contribution in [0.1, 0.15) is 40.0 Å². The topological polar surface area (TPSA) is 48.3 Å². The maximum atomic E-state index is 9.71. The lowest BCUT2D eigenvalue weighted by Gasteiger charge is -2.40. The second-order valence-corrected chi connectivity index (χ2v) is 6.24. The molecule has 108 valence electrons. The van der Waals surface area contributed by atoms with Gasteiger partial charge >= 0.3 is 0 Å². The minimum atomic E-state index is -0.340. The zero-order chi connectivity index (χ0) is 13.9. The summed E-state index contributed by atoms with van der Waals surface area (Å²) >= 11 is 0. The summed E-state index contributed by atoms with van der Waals surface area (Å²) in [7, 11) is 0. The number of hydrogen-bond donors (Lipinski definition) is 1. The molecule has 1 saturated carbocycles. The van der Waals surface area contributed by atoms with Gasteiger partial charge in [0.15, 0.2) is 0 Å². The SMILES string of the molecule is CCCNC(C#N)(CN1C[C@@H](C)O[C@@H](C)C1)C1CC1. The maximum absolute atomic E-state index is 9.71. The van der Waals surface area contributed by atoms with Gasteiger partial charge in [-0.1, -0.05) is 6.92 Å². The average Bonchev–Trinajstić information content (AvgIpc) is 3.18. The minimum Gasteiger partial charge on any atom is -0.373 e. The lowest BCUT2D eigenvalue weighted by atomic mass is 9.93. The Morgan fingerprint density at radius 3 is 2.42 bits per heavy atom. The molecule has 19 heavy (non-hydrogen) atoms. The van der Waals surface area contributed by atoms with E-state index in [4.69, 9.17) is 4.74 Å². The Bertz CT molecular complexity index is 327. The molecule has 3 atom stereocenters. The number of morpholine rings is 1. The Labute approximate surface area is 117 Å². The van der Waals surface area contributed by atoms with E-state index in [2.05, 4.69) is 37.1 Å². The lowest BCUT2D eigenvalue weighted by Crippen LogP contribution is -2.58. The van der Waals surface area contributed by atoms with E-state index < -0.39 is 0 Å². The first kappa shape index (κ1) is 14.8. The first-order valence-corrected chi connectivity index (χ1v) is 7.63. The van der Waals surface area contributed by atoms with Gasteiger partial charge in [0.25, 0.3) is 0 Å². The molecular weight excluding hydrogens is 238 g/mol. The van der Waals surface area contributed by atoms with E-state index in [-0.39, 0.29) is 17.7 Å². The van der Waals surface area contributed by atoms with E-state index in [1.54, 1.807) is 0 Å². The summed E-state index contributed by atoms with van der Waals surface area (Å²) in [5.41, 5.74) is -0.340. The first-order valence-electron chi connectivity index (χ1n) is 7.63. The van der Waals surface area contributed by atoms with Crippen LogP contribution in [0.2, 0.25) is 0 Å². The molecule has 0 bridgehead atoms. The monoisotopic (exact) mass is 265 g/mol. The summed E-state index contributed by atoms with van der Waals surface area (Å²) in [6.07, 6.45) is 4.00. The number of rotatable bonds is 6. The molecule has 2 rings (SSSR count). The molecule has 4 nitrogen and oxygen atoms in total. The predicted molar refractivity (Wildman–Crippen MR) is 75.8 cm³/mol. The fourth-order valence-corrected chi connectivity index (χ4v) is 3.19. The Kier molecular flexibility index (Phi) is 4.83. The fraction of sp³-hybridized carbons (Fsp3) is 0.933. The molecule has 1 heterocycles. The van der Waals surface area contributed by atoms with E-state index in [0.29, 0.717) is 5.92 Å². The van der Waals surface area contributed by atoms with Gasteiger partial charge in [-0.3, -0.25) is 10.2 Å². The lowest BCUT2D eigenvalue weighted by molar-refractivity contribution is -0.0728. The zero-order valence-corrected chi connectivity index (χ0v) is 12.5. The highest BCUT2D eigenvalue weighted by Gasteiger charge is 2.46. The fourth-order valence-electron chi connectivity index (χ4n) is 3.19. The molecule has 0 radical (unpaired) electrons. The highest BCUT2D eigenvalue weighted by atomic mass is 16.5. The van der Waals surface area contributed by atoms with Gasteiger partial charge in [-0.15, -0.1) is 0 Å². The van der Waals surface area contributed by atoms with Gasteiger partial charge in [0, 0.05) is 19.6 Å². The normalized spacial score (nSPS) is 31.7. The molecule has 1 aliphatic heterocycles. The van der Waals surface area contributed by atoms with Crippen molar-refractivity contribution < 1.29 is 4.74 Å². The van der Waals surface area contributed by atoms with Gasteiger partial charge in [-0.25, -0.2) is 0 Å². The van der Waals surface area contributed by atoms with Crippen molar-refractivity contribution in [1.82, 2.24) is 10.2 Å². The second kappa shape index (κ2) is 6.21. The summed E-state index contributed by atoms with van der Waals surface area (Å²) in [5.74, 6) is 0.539. The average molecular weight is 265 g/mol. The van der Waals surface area contributed by atoms with Crippen LogP contribution in [0.25, 0.3) is 0 Å². The van der Waals surface area contributed by atoms with E-state index in [1.807, 2.05) is 0 Å². The quantitative estimate of drug-likeness (QED) is 0.795. The Hall–Kier alpha value is -0.630. The molecule has 4 heteroatoms. The molecule has 1 N–H and O–H groups in total. The molecule has 0 spiro atoms. The molecule has 0 aromatic heterocycles. The van der Waals surface area contributed by atoms with Crippen LogP contribution in [0.3, 0.4) is 0 Å². The standard InChI is InChI=1S/C15H27N3O/c1-4-7-17-15(10-16,14-5-6-14)11-18-8-12(2)19-13(3)9-18/h12-14,17H,4-9,11H2,1-3H3/t12-,13+,15?. The van der Waals surface area contributed by atoms with Gasteiger partial charge in [0.1, 0.15) is 5.54 Å². The van der Waals surface area contributed by atoms with Crippen molar-refractivity contribution in [3.8, 4) is 6.07 Å². The summed E-state index contributed by atoms with van der Waals surface area (Å²) < 4.78 is 5.78. The van der Waals surface area contributed by atoms with Crippen molar-refractivity contribution in [3.63, 3.8) is 0 Å². The van der Waals surface area contributed by atoms with Crippen LogP contribution >= 0.6 is 0 Å². The van der Waals surface area contributed by atoms with Crippen molar-refractivity contribution in [1.29, 1.82) is 5.26 Å². The molecule has 2 aliphatic rings. The van der Waals surface area contributed by atoms with Crippen LogP contribution in [0.5, 0.6) is 0 Å².